The number of para-hydroxylation sites is 1. The molecule has 5 atom stereocenters. The molecular formula is C32H37NO8. The lowest BCUT2D eigenvalue weighted by Gasteiger charge is -2.48. The topological polar surface area (TPSA) is 129 Å². The molecule has 41 heavy (non-hydrogen) atoms. The maximum absolute atomic E-state index is 12.7. The largest absolute Gasteiger partial charge is 0.492 e. The summed E-state index contributed by atoms with van der Waals surface area (Å²) in [6.07, 6.45) is -6.92. The SMILES string of the molecule is CC/C(=C(\c1ccc(OCCN(C)C)cc1)[C@@]1(O)[C@@H](C(=O)O)O[C@@H](Oc2ccccc2)[C@H](O)[C@H]1O)c1ccccc1. The lowest BCUT2D eigenvalue weighted by molar-refractivity contribution is -0.289. The molecule has 0 aliphatic carbocycles. The molecule has 0 unspecified atom stereocenters. The van der Waals surface area contributed by atoms with Gasteiger partial charge >= 0.3 is 5.97 Å². The molecule has 1 aliphatic heterocycles. The summed E-state index contributed by atoms with van der Waals surface area (Å²) < 4.78 is 17.2. The Balaban J connectivity index is 1.82. The Morgan fingerprint density at radius 3 is 2.07 bits per heavy atom. The Labute approximate surface area is 239 Å². The van der Waals surface area contributed by atoms with E-state index in [0.29, 0.717) is 42.2 Å². The monoisotopic (exact) mass is 563 g/mol. The fourth-order valence-electron chi connectivity index (χ4n) is 5.01. The highest BCUT2D eigenvalue weighted by molar-refractivity contribution is 5.97. The zero-order valence-electron chi connectivity index (χ0n) is 23.4. The number of hydrogen-bond donors (Lipinski definition) is 4. The lowest BCUT2D eigenvalue weighted by atomic mass is 9.72. The van der Waals surface area contributed by atoms with Crippen LogP contribution in [0.2, 0.25) is 0 Å². The smallest absolute Gasteiger partial charge is 0.336 e. The molecule has 3 aromatic carbocycles. The number of hydrogen-bond acceptors (Lipinski definition) is 8. The minimum atomic E-state index is -2.56. The molecule has 0 saturated carbocycles. The molecule has 9 heteroatoms. The first-order valence-corrected chi connectivity index (χ1v) is 13.5. The van der Waals surface area contributed by atoms with E-state index in [4.69, 9.17) is 14.2 Å². The molecule has 1 heterocycles. The van der Waals surface area contributed by atoms with Gasteiger partial charge in [-0.05, 0) is 61.5 Å². The molecule has 0 radical (unpaired) electrons. The van der Waals surface area contributed by atoms with Gasteiger partial charge in [-0.3, -0.25) is 0 Å². The summed E-state index contributed by atoms with van der Waals surface area (Å²) in [4.78, 5) is 14.6. The van der Waals surface area contributed by atoms with Crippen molar-refractivity contribution in [3.05, 3.63) is 96.1 Å². The summed E-state index contributed by atoms with van der Waals surface area (Å²) in [5.74, 6) is -0.631. The van der Waals surface area contributed by atoms with Gasteiger partial charge in [0.2, 0.25) is 6.29 Å². The van der Waals surface area contributed by atoms with Gasteiger partial charge in [-0.15, -0.1) is 0 Å². The predicted octanol–water partition coefficient (Wildman–Crippen LogP) is 3.29. The van der Waals surface area contributed by atoms with Crippen molar-refractivity contribution in [2.45, 2.75) is 43.5 Å². The highest BCUT2D eigenvalue weighted by atomic mass is 16.7. The van der Waals surface area contributed by atoms with E-state index in [9.17, 15) is 25.2 Å². The van der Waals surface area contributed by atoms with Crippen molar-refractivity contribution < 1.29 is 39.4 Å². The molecule has 1 saturated heterocycles. The molecule has 0 bridgehead atoms. The molecule has 218 valence electrons. The average molecular weight is 564 g/mol. The van der Waals surface area contributed by atoms with Gasteiger partial charge in [0.25, 0.3) is 0 Å². The second-order valence-electron chi connectivity index (χ2n) is 10.2. The number of carbonyl (C=O) groups is 1. The van der Waals surface area contributed by atoms with Crippen molar-refractivity contribution in [3.8, 4) is 11.5 Å². The van der Waals surface area contributed by atoms with Crippen LogP contribution in [-0.2, 0) is 9.53 Å². The second kappa shape index (κ2) is 13.3. The fraction of sp³-hybridized carbons (Fsp3) is 0.344. The first-order valence-electron chi connectivity index (χ1n) is 13.5. The third-order valence-electron chi connectivity index (χ3n) is 7.07. The number of ether oxygens (including phenoxy) is 3. The number of benzene rings is 3. The molecule has 1 aliphatic rings. The Morgan fingerprint density at radius 1 is 0.902 bits per heavy atom. The van der Waals surface area contributed by atoms with Crippen molar-refractivity contribution in [3.63, 3.8) is 0 Å². The van der Waals surface area contributed by atoms with E-state index in [0.717, 1.165) is 5.56 Å². The van der Waals surface area contributed by atoms with Crippen LogP contribution < -0.4 is 9.47 Å². The van der Waals surface area contributed by atoms with E-state index in [1.807, 2.05) is 56.3 Å². The number of aliphatic hydroxyl groups is 3. The second-order valence-corrected chi connectivity index (χ2v) is 10.2. The van der Waals surface area contributed by atoms with Gasteiger partial charge in [-0.25, -0.2) is 4.79 Å². The normalized spacial score (nSPS) is 25.0. The molecule has 0 spiro atoms. The maximum atomic E-state index is 12.7. The Morgan fingerprint density at radius 2 is 1.51 bits per heavy atom. The Hall–Kier alpha value is -3.73. The van der Waals surface area contributed by atoms with Gasteiger partial charge in [-0.2, -0.15) is 0 Å². The Kier molecular flexibility index (Phi) is 9.80. The summed E-state index contributed by atoms with van der Waals surface area (Å²) in [6, 6.07) is 24.4. The van der Waals surface area contributed by atoms with E-state index in [1.54, 1.807) is 54.6 Å². The van der Waals surface area contributed by atoms with Crippen LogP contribution in [0.3, 0.4) is 0 Å². The zero-order valence-corrected chi connectivity index (χ0v) is 23.4. The molecule has 3 aromatic rings. The van der Waals surface area contributed by atoms with Crippen molar-refractivity contribution in [2.75, 3.05) is 27.2 Å². The summed E-state index contributed by atoms with van der Waals surface area (Å²) >= 11 is 0. The van der Waals surface area contributed by atoms with Crippen LogP contribution in [-0.4, -0.2) is 88.7 Å². The quantitative estimate of drug-likeness (QED) is 0.260. The number of aliphatic hydroxyl groups excluding tert-OH is 2. The minimum Gasteiger partial charge on any atom is -0.492 e. The van der Waals surface area contributed by atoms with E-state index in [2.05, 4.69) is 0 Å². The summed E-state index contributed by atoms with van der Waals surface area (Å²) in [5.41, 5.74) is -0.688. The third-order valence-corrected chi connectivity index (χ3v) is 7.07. The number of nitrogens with zero attached hydrogens (tertiary/aromatic N) is 1. The average Bonchev–Trinajstić information content (AvgIpc) is 2.97. The van der Waals surface area contributed by atoms with E-state index < -0.39 is 36.2 Å². The highest BCUT2D eigenvalue weighted by Crippen LogP contribution is 2.45. The summed E-state index contributed by atoms with van der Waals surface area (Å²) in [7, 11) is 3.89. The molecule has 4 N–H and O–H groups in total. The predicted molar refractivity (Wildman–Crippen MR) is 154 cm³/mol. The van der Waals surface area contributed by atoms with Crippen LogP contribution in [0, 0.1) is 0 Å². The number of carboxylic acids is 1. The van der Waals surface area contributed by atoms with Crippen molar-refractivity contribution in [1.29, 1.82) is 0 Å². The third kappa shape index (κ3) is 6.61. The number of rotatable bonds is 11. The molecular weight excluding hydrogens is 526 g/mol. The highest BCUT2D eigenvalue weighted by Gasteiger charge is 2.61. The van der Waals surface area contributed by atoms with Gasteiger partial charge in [-0.1, -0.05) is 67.6 Å². The number of likely N-dealkylation sites (N-methyl/N-ethyl adjacent to an activating group) is 1. The van der Waals surface area contributed by atoms with Crippen molar-refractivity contribution >= 4 is 17.1 Å². The van der Waals surface area contributed by atoms with Crippen LogP contribution >= 0.6 is 0 Å². The van der Waals surface area contributed by atoms with Gasteiger partial charge < -0.3 is 39.5 Å². The summed E-state index contributed by atoms with van der Waals surface area (Å²) in [5, 5.41) is 45.3. The van der Waals surface area contributed by atoms with E-state index in [1.165, 1.54) is 0 Å². The zero-order chi connectivity index (χ0) is 29.6. The van der Waals surface area contributed by atoms with E-state index in [-0.39, 0.29) is 5.57 Å². The molecule has 9 nitrogen and oxygen atoms in total. The fourth-order valence-corrected chi connectivity index (χ4v) is 5.01. The molecule has 1 fully saturated rings. The molecule has 0 amide bonds. The van der Waals surface area contributed by atoms with Crippen molar-refractivity contribution in [1.82, 2.24) is 4.90 Å². The first-order chi connectivity index (χ1) is 19.7. The van der Waals surface area contributed by atoms with Crippen LogP contribution in [0.4, 0.5) is 0 Å². The molecule has 4 rings (SSSR count). The van der Waals surface area contributed by atoms with Gasteiger partial charge in [0.05, 0.1) is 0 Å². The minimum absolute atomic E-state index is 0.128. The summed E-state index contributed by atoms with van der Waals surface area (Å²) in [6.45, 7) is 3.05. The van der Waals surface area contributed by atoms with Crippen molar-refractivity contribution in [2.24, 2.45) is 0 Å². The number of allylic oxidation sites excluding steroid dienone is 1. The van der Waals surface area contributed by atoms with Crippen LogP contribution in [0.5, 0.6) is 11.5 Å². The number of aliphatic carboxylic acids is 1. The standard InChI is InChI=1S/C32H37NO8/c1-4-25(21-11-7-5-8-12-21)26(22-15-17-23(18-16-22)39-20-19-33(2)3)32(38)28(35)27(34)31(41-29(32)30(36)37)40-24-13-9-6-10-14-24/h5-18,27-29,31,34-35,38H,4,19-20H2,1-3H3,(H,36,37)/b26-25-/t27-,28-,29-,31-,32+/m1/s1. The van der Waals surface area contributed by atoms with Gasteiger partial charge in [0.15, 0.2) is 11.7 Å². The van der Waals surface area contributed by atoms with Gasteiger partial charge in [0, 0.05) is 12.1 Å². The maximum Gasteiger partial charge on any atom is 0.336 e. The molecule has 0 aromatic heterocycles. The van der Waals surface area contributed by atoms with Crippen LogP contribution in [0.1, 0.15) is 24.5 Å². The van der Waals surface area contributed by atoms with Gasteiger partial charge in [0.1, 0.15) is 30.3 Å². The first kappa shape index (κ1) is 30.2. The lowest BCUT2D eigenvalue weighted by Crippen LogP contribution is -2.69. The van der Waals surface area contributed by atoms with Crippen LogP contribution in [0.25, 0.3) is 11.1 Å². The van der Waals surface area contributed by atoms with Crippen LogP contribution in [0.15, 0.2) is 84.9 Å². The van der Waals surface area contributed by atoms with E-state index >= 15 is 0 Å². The Bertz CT molecular complexity index is 1310. The number of carboxylic acid groups (broad SMARTS) is 1.